The third-order valence-electron chi connectivity index (χ3n) is 1.68. The van der Waals surface area contributed by atoms with Gasteiger partial charge in [-0.3, -0.25) is 0 Å². The van der Waals surface area contributed by atoms with Crippen molar-refractivity contribution in [1.29, 1.82) is 0 Å². The molecule has 0 N–H and O–H groups in total. The van der Waals surface area contributed by atoms with Crippen LogP contribution < -0.4 is 18.9 Å². The van der Waals surface area contributed by atoms with Gasteiger partial charge in [-0.25, -0.2) is 0 Å². The number of rotatable bonds is 2. The van der Waals surface area contributed by atoms with Gasteiger partial charge in [-0.1, -0.05) is 26.7 Å². The topological polar surface area (TPSA) is 0 Å². The average molecular weight is 140 g/mol. The Morgan fingerprint density at radius 3 is 1.91 bits per heavy atom. The van der Waals surface area contributed by atoms with Gasteiger partial charge in [0.15, 0.2) is 0 Å². The molecule has 0 nitrogen and oxygen atoms in total. The molecule has 0 atom stereocenters. The van der Waals surface area contributed by atoms with Crippen molar-refractivity contribution in [3.05, 3.63) is 35.4 Å². The first-order valence-corrected chi connectivity index (χ1v) is 3.87. The van der Waals surface area contributed by atoms with Gasteiger partial charge >= 0.3 is 18.9 Å². The molecule has 1 rings (SSSR count). The molecule has 1 aromatic rings. The van der Waals surface area contributed by atoms with Crippen molar-refractivity contribution >= 4 is 0 Å². The maximum atomic E-state index is 3.34. The molecule has 0 aromatic heterocycles. The van der Waals surface area contributed by atoms with Gasteiger partial charge in [-0.05, 0) is 0 Å². The SMILES string of the molecule is CCc1[c-]c(CC)ccc1.[Li+]. The van der Waals surface area contributed by atoms with Crippen LogP contribution in [0.1, 0.15) is 25.0 Å². The second-order valence-corrected chi connectivity index (χ2v) is 2.41. The Hall–Kier alpha value is -0.183. The quantitative estimate of drug-likeness (QED) is 0.388. The van der Waals surface area contributed by atoms with Crippen LogP contribution >= 0.6 is 0 Å². The summed E-state index contributed by atoms with van der Waals surface area (Å²) >= 11 is 0. The molecule has 0 spiro atoms. The second kappa shape index (κ2) is 5.47. The molecule has 0 aliphatic heterocycles. The molecule has 0 saturated heterocycles. The number of hydrogen-bond acceptors (Lipinski definition) is 0. The van der Waals surface area contributed by atoms with Crippen LogP contribution in [0.2, 0.25) is 0 Å². The van der Waals surface area contributed by atoms with E-state index < -0.39 is 0 Å². The van der Waals surface area contributed by atoms with Crippen molar-refractivity contribution in [2.75, 3.05) is 0 Å². The summed E-state index contributed by atoms with van der Waals surface area (Å²) in [4.78, 5) is 0. The van der Waals surface area contributed by atoms with Crippen molar-refractivity contribution in [3.63, 3.8) is 0 Å². The van der Waals surface area contributed by atoms with Gasteiger partial charge in [0.2, 0.25) is 0 Å². The predicted octanol–water partition coefficient (Wildman–Crippen LogP) is -0.384. The van der Waals surface area contributed by atoms with E-state index in [0.717, 1.165) is 12.8 Å². The van der Waals surface area contributed by atoms with Crippen LogP contribution in [0.5, 0.6) is 0 Å². The summed E-state index contributed by atoms with van der Waals surface area (Å²) in [6, 6.07) is 9.70. The first-order valence-electron chi connectivity index (χ1n) is 3.87. The normalized spacial score (nSPS) is 8.91. The van der Waals surface area contributed by atoms with Crippen molar-refractivity contribution in [2.45, 2.75) is 26.7 Å². The fraction of sp³-hybridized carbons (Fsp3) is 0.400. The molecule has 0 bridgehead atoms. The Morgan fingerprint density at radius 1 is 1.09 bits per heavy atom. The van der Waals surface area contributed by atoms with Gasteiger partial charge in [0.05, 0.1) is 0 Å². The van der Waals surface area contributed by atoms with E-state index in [0.29, 0.717) is 0 Å². The van der Waals surface area contributed by atoms with Gasteiger partial charge in [0, 0.05) is 0 Å². The van der Waals surface area contributed by atoms with Crippen LogP contribution in [0.15, 0.2) is 18.2 Å². The fourth-order valence-electron chi connectivity index (χ4n) is 0.982. The van der Waals surface area contributed by atoms with Gasteiger partial charge in [0.1, 0.15) is 0 Å². The van der Waals surface area contributed by atoms with E-state index in [2.05, 4.69) is 38.1 Å². The van der Waals surface area contributed by atoms with E-state index in [1.807, 2.05) is 0 Å². The van der Waals surface area contributed by atoms with Crippen molar-refractivity contribution in [1.82, 2.24) is 0 Å². The van der Waals surface area contributed by atoms with Gasteiger partial charge < -0.3 is 0 Å². The predicted molar refractivity (Wildman–Crippen MR) is 44.0 cm³/mol. The molecule has 0 aliphatic rings. The van der Waals surface area contributed by atoms with E-state index in [9.17, 15) is 0 Å². The van der Waals surface area contributed by atoms with Crippen LogP contribution in [-0.2, 0) is 12.8 Å². The third-order valence-corrected chi connectivity index (χ3v) is 1.68. The summed E-state index contributed by atoms with van der Waals surface area (Å²) < 4.78 is 0. The molecular formula is C10H13Li. The molecule has 54 valence electrons. The van der Waals surface area contributed by atoms with Crippen molar-refractivity contribution in [2.24, 2.45) is 0 Å². The molecule has 0 unspecified atom stereocenters. The molecule has 1 heteroatoms. The first-order chi connectivity index (χ1) is 4.86. The summed E-state index contributed by atoms with van der Waals surface area (Å²) in [7, 11) is 0. The Morgan fingerprint density at radius 2 is 1.55 bits per heavy atom. The Kier molecular flexibility index (Phi) is 5.37. The van der Waals surface area contributed by atoms with Crippen molar-refractivity contribution < 1.29 is 18.9 Å². The summed E-state index contributed by atoms with van der Waals surface area (Å²) in [6.07, 6.45) is 2.18. The molecular weight excluding hydrogens is 127 g/mol. The summed E-state index contributed by atoms with van der Waals surface area (Å²) in [5, 5.41) is 0. The second-order valence-electron chi connectivity index (χ2n) is 2.41. The number of hydrogen-bond donors (Lipinski definition) is 0. The Bertz CT molecular complexity index is 187. The maximum absolute atomic E-state index is 3.34. The monoisotopic (exact) mass is 140 g/mol. The number of aryl methyl sites for hydroxylation is 2. The third kappa shape index (κ3) is 3.14. The van der Waals surface area contributed by atoms with Gasteiger partial charge in [-0.2, -0.15) is 35.4 Å². The van der Waals surface area contributed by atoms with Crippen molar-refractivity contribution in [3.8, 4) is 0 Å². The first kappa shape index (κ1) is 10.8. The Labute approximate surface area is 81.2 Å². The summed E-state index contributed by atoms with van der Waals surface area (Å²) in [5.41, 5.74) is 2.64. The van der Waals surface area contributed by atoms with Crippen LogP contribution in [0.25, 0.3) is 0 Å². The zero-order valence-corrected chi connectivity index (χ0v) is 7.65. The minimum atomic E-state index is 0. The molecule has 0 saturated carbocycles. The minimum absolute atomic E-state index is 0. The van der Waals surface area contributed by atoms with E-state index in [1.54, 1.807) is 0 Å². The van der Waals surface area contributed by atoms with E-state index in [1.165, 1.54) is 11.1 Å². The maximum Gasteiger partial charge on any atom is 1.00 e. The van der Waals surface area contributed by atoms with Crippen LogP contribution in [-0.4, -0.2) is 0 Å². The average Bonchev–Trinajstić information content (AvgIpc) is 2.05. The molecule has 0 amide bonds. The van der Waals surface area contributed by atoms with Gasteiger partial charge in [0.25, 0.3) is 0 Å². The largest absolute Gasteiger partial charge is 1.00 e. The molecule has 0 radical (unpaired) electrons. The van der Waals surface area contributed by atoms with Crippen LogP contribution in [0, 0.1) is 6.07 Å². The van der Waals surface area contributed by atoms with Crippen LogP contribution in [0.3, 0.4) is 0 Å². The van der Waals surface area contributed by atoms with E-state index in [-0.39, 0.29) is 18.9 Å². The van der Waals surface area contributed by atoms with E-state index in [4.69, 9.17) is 0 Å². The zero-order valence-electron chi connectivity index (χ0n) is 7.65. The smallest absolute Gasteiger partial charge is 0.177 e. The molecule has 0 fully saturated rings. The van der Waals surface area contributed by atoms with Gasteiger partial charge in [-0.15, -0.1) is 0 Å². The summed E-state index contributed by atoms with van der Waals surface area (Å²) in [5.74, 6) is 0. The fourth-order valence-corrected chi connectivity index (χ4v) is 0.982. The molecule has 0 aliphatic carbocycles. The van der Waals surface area contributed by atoms with E-state index >= 15 is 0 Å². The molecule has 0 heterocycles. The molecule has 11 heavy (non-hydrogen) atoms. The number of benzene rings is 1. The standard InChI is InChI=1S/C10H13.Li/c1-3-9-6-5-7-10(4-2)8-9;/h5-7H,3-4H2,1-2H3;/q-1;+1. The Balaban J connectivity index is 0.000001000. The zero-order chi connectivity index (χ0) is 7.40. The molecule has 1 aromatic carbocycles. The summed E-state index contributed by atoms with van der Waals surface area (Å²) in [6.45, 7) is 4.32. The minimum Gasteiger partial charge on any atom is -0.177 e. The van der Waals surface area contributed by atoms with Crippen LogP contribution in [0.4, 0.5) is 0 Å².